The number of amides is 1. The molecule has 4 nitrogen and oxygen atoms in total. The third kappa shape index (κ3) is 3.33. The topological polar surface area (TPSA) is 57.6 Å². The maximum Gasteiger partial charge on any atom is 0.335 e. The Balaban J connectivity index is 2.35. The number of hydrogen-bond acceptors (Lipinski definition) is 4. The summed E-state index contributed by atoms with van der Waals surface area (Å²) in [5.74, 6) is -1.13. The second-order valence-corrected chi connectivity index (χ2v) is 7.29. The smallest absolute Gasteiger partial charge is 0.335 e. The van der Waals surface area contributed by atoms with E-state index in [0.717, 1.165) is 0 Å². The molecule has 0 unspecified atom stereocenters. The van der Waals surface area contributed by atoms with Gasteiger partial charge in [0.1, 0.15) is 4.32 Å². The van der Waals surface area contributed by atoms with E-state index in [1.807, 2.05) is 20.8 Å². The minimum Gasteiger partial charge on any atom is -0.478 e. The van der Waals surface area contributed by atoms with Gasteiger partial charge in [-0.3, -0.25) is 9.69 Å². The minimum absolute atomic E-state index is 0.141. The van der Waals surface area contributed by atoms with E-state index in [1.54, 1.807) is 23.1 Å². The number of aromatic carboxylic acids is 1. The van der Waals surface area contributed by atoms with Crippen molar-refractivity contribution in [1.29, 1.82) is 0 Å². The highest BCUT2D eigenvalue weighted by molar-refractivity contribution is 8.26. The van der Waals surface area contributed by atoms with Gasteiger partial charge >= 0.3 is 5.97 Å². The van der Waals surface area contributed by atoms with Gasteiger partial charge in [-0.15, -0.1) is 0 Å². The minimum atomic E-state index is -0.993. The predicted octanol–water partition coefficient (Wildman–Crippen LogP) is 3.38. The lowest BCUT2D eigenvalue weighted by molar-refractivity contribution is -0.125. The van der Waals surface area contributed by atoms with Crippen LogP contribution >= 0.6 is 24.0 Å². The van der Waals surface area contributed by atoms with E-state index in [4.69, 9.17) is 17.3 Å². The number of carboxylic acid groups (broad SMARTS) is 1. The molecule has 2 rings (SSSR count). The van der Waals surface area contributed by atoms with Crippen molar-refractivity contribution in [2.75, 3.05) is 0 Å². The van der Waals surface area contributed by atoms with Crippen molar-refractivity contribution in [2.24, 2.45) is 0 Å². The summed E-state index contributed by atoms with van der Waals surface area (Å²) >= 11 is 6.50. The molecule has 110 valence electrons. The second-order valence-electron chi connectivity index (χ2n) is 5.62. The molecule has 21 heavy (non-hydrogen) atoms. The summed E-state index contributed by atoms with van der Waals surface area (Å²) in [5.41, 5.74) is 0.485. The molecule has 1 fully saturated rings. The zero-order valence-electron chi connectivity index (χ0n) is 11.9. The number of carbonyl (C=O) groups is 2. The molecule has 1 N–H and O–H groups in total. The Labute approximate surface area is 132 Å². The highest BCUT2D eigenvalue weighted by Gasteiger charge is 2.38. The van der Waals surface area contributed by atoms with Crippen molar-refractivity contribution in [3.05, 3.63) is 40.3 Å². The van der Waals surface area contributed by atoms with Crippen LogP contribution in [0.1, 0.15) is 36.7 Å². The van der Waals surface area contributed by atoms with E-state index >= 15 is 0 Å². The van der Waals surface area contributed by atoms with Crippen molar-refractivity contribution >= 4 is 46.3 Å². The van der Waals surface area contributed by atoms with Gasteiger partial charge < -0.3 is 5.11 Å². The number of thioether (sulfide) groups is 1. The molecule has 0 aromatic heterocycles. The first-order chi connectivity index (χ1) is 9.70. The zero-order valence-corrected chi connectivity index (χ0v) is 13.5. The molecule has 0 atom stereocenters. The normalized spacial score (nSPS) is 17.7. The van der Waals surface area contributed by atoms with Crippen LogP contribution in [0.5, 0.6) is 0 Å². The van der Waals surface area contributed by atoms with Crippen LogP contribution in [-0.2, 0) is 4.79 Å². The third-order valence-corrected chi connectivity index (χ3v) is 4.20. The SMILES string of the molecule is CC(C)(C)N1C(=O)/C(=C\c2cccc(C(=O)O)c2)SC1=S. The second kappa shape index (κ2) is 5.61. The molecular formula is C15H15NO3S2. The van der Waals surface area contributed by atoms with Crippen LogP contribution < -0.4 is 0 Å². The van der Waals surface area contributed by atoms with E-state index in [2.05, 4.69) is 0 Å². The van der Waals surface area contributed by atoms with Gasteiger partial charge in [0.2, 0.25) is 0 Å². The van der Waals surface area contributed by atoms with Gasteiger partial charge in [-0.25, -0.2) is 4.79 Å². The first kappa shape index (κ1) is 15.7. The quantitative estimate of drug-likeness (QED) is 0.668. The number of carboxylic acids is 1. The lowest BCUT2D eigenvalue weighted by Gasteiger charge is -2.30. The highest BCUT2D eigenvalue weighted by atomic mass is 32.2. The number of rotatable bonds is 2. The van der Waals surface area contributed by atoms with E-state index in [1.165, 1.54) is 23.9 Å². The van der Waals surface area contributed by atoms with Gasteiger partial charge in [-0.05, 0) is 44.5 Å². The molecule has 1 aromatic rings. The third-order valence-electron chi connectivity index (χ3n) is 2.90. The number of nitrogens with zero attached hydrogens (tertiary/aromatic N) is 1. The summed E-state index contributed by atoms with van der Waals surface area (Å²) in [5, 5.41) is 8.99. The maximum absolute atomic E-state index is 12.4. The summed E-state index contributed by atoms with van der Waals surface area (Å²) in [6, 6.07) is 6.46. The Morgan fingerprint density at radius 2 is 2.05 bits per heavy atom. The molecule has 0 spiro atoms. The molecule has 6 heteroatoms. The number of carbonyl (C=O) groups excluding carboxylic acids is 1. The summed E-state index contributed by atoms with van der Waals surface area (Å²) in [6.45, 7) is 5.77. The molecule has 0 saturated carbocycles. The fourth-order valence-corrected chi connectivity index (χ4v) is 3.59. The molecule has 0 radical (unpaired) electrons. The zero-order chi connectivity index (χ0) is 15.8. The Kier molecular flexibility index (Phi) is 4.20. The van der Waals surface area contributed by atoms with Crippen LogP contribution in [0.15, 0.2) is 29.2 Å². The fraction of sp³-hybridized carbons (Fsp3) is 0.267. The molecular weight excluding hydrogens is 306 g/mol. The standard InChI is InChI=1S/C15H15NO3S2/c1-15(2,3)16-12(17)11(21-14(16)20)8-9-5-4-6-10(7-9)13(18)19/h4-8H,1-3H3,(H,18,19)/b11-8+. The van der Waals surface area contributed by atoms with Gasteiger partial charge in [-0.2, -0.15) is 0 Å². The van der Waals surface area contributed by atoms with Crippen molar-refractivity contribution in [3.8, 4) is 0 Å². The van der Waals surface area contributed by atoms with Crippen LogP contribution in [0.25, 0.3) is 6.08 Å². The maximum atomic E-state index is 12.4. The number of hydrogen-bond donors (Lipinski definition) is 1. The predicted molar refractivity (Wildman–Crippen MR) is 88.2 cm³/mol. The van der Waals surface area contributed by atoms with Crippen LogP contribution in [0.3, 0.4) is 0 Å². The van der Waals surface area contributed by atoms with E-state index in [0.29, 0.717) is 14.8 Å². The summed E-state index contributed by atoms with van der Waals surface area (Å²) in [4.78, 5) is 25.5. The van der Waals surface area contributed by atoms with E-state index in [9.17, 15) is 9.59 Å². The number of benzene rings is 1. The fourth-order valence-electron chi connectivity index (χ4n) is 1.96. The lowest BCUT2D eigenvalue weighted by atomic mass is 10.1. The highest BCUT2D eigenvalue weighted by Crippen LogP contribution is 2.36. The summed E-state index contributed by atoms with van der Waals surface area (Å²) < 4.78 is 0.521. The Morgan fingerprint density at radius 3 is 2.57 bits per heavy atom. The largest absolute Gasteiger partial charge is 0.478 e. The molecule has 0 aliphatic carbocycles. The average molecular weight is 321 g/mol. The van der Waals surface area contributed by atoms with Gasteiger partial charge in [0.25, 0.3) is 5.91 Å². The molecule has 1 aliphatic rings. The average Bonchev–Trinajstić information content (AvgIpc) is 2.64. The monoisotopic (exact) mass is 321 g/mol. The summed E-state index contributed by atoms with van der Waals surface area (Å²) in [6.07, 6.45) is 1.68. The van der Waals surface area contributed by atoms with Gasteiger partial charge in [0.15, 0.2) is 0 Å². The van der Waals surface area contributed by atoms with Crippen molar-refractivity contribution in [2.45, 2.75) is 26.3 Å². The Hall–Kier alpha value is -1.66. The van der Waals surface area contributed by atoms with E-state index in [-0.39, 0.29) is 17.0 Å². The van der Waals surface area contributed by atoms with Crippen molar-refractivity contribution in [3.63, 3.8) is 0 Å². The first-order valence-electron chi connectivity index (χ1n) is 6.31. The Morgan fingerprint density at radius 1 is 1.38 bits per heavy atom. The van der Waals surface area contributed by atoms with Crippen LogP contribution in [0, 0.1) is 0 Å². The molecule has 0 bridgehead atoms. The molecule has 1 aliphatic heterocycles. The van der Waals surface area contributed by atoms with Crippen LogP contribution in [-0.4, -0.2) is 31.7 Å². The van der Waals surface area contributed by atoms with E-state index < -0.39 is 5.97 Å². The van der Waals surface area contributed by atoms with Crippen molar-refractivity contribution < 1.29 is 14.7 Å². The molecule has 1 amide bonds. The summed E-state index contributed by atoms with van der Waals surface area (Å²) in [7, 11) is 0. The molecule has 1 aromatic carbocycles. The van der Waals surface area contributed by atoms with Crippen molar-refractivity contribution in [1.82, 2.24) is 4.90 Å². The van der Waals surface area contributed by atoms with Crippen LogP contribution in [0.4, 0.5) is 0 Å². The van der Waals surface area contributed by atoms with Gasteiger partial charge in [0, 0.05) is 5.54 Å². The Bertz CT molecular complexity index is 659. The lowest BCUT2D eigenvalue weighted by Crippen LogP contribution is -2.44. The van der Waals surface area contributed by atoms with Crippen LogP contribution in [0.2, 0.25) is 0 Å². The number of thiocarbonyl (C=S) groups is 1. The van der Waals surface area contributed by atoms with Gasteiger partial charge in [0.05, 0.1) is 10.5 Å². The van der Waals surface area contributed by atoms with Gasteiger partial charge in [-0.1, -0.05) is 36.1 Å². The first-order valence-corrected chi connectivity index (χ1v) is 7.54. The molecule has 1 heterocycles. The molecule has 1 saturated heterocycles.